The average molecular weight is 362 g/mol. The summed E-state index contributed by atoms with van der Waals surface area (Å²) in [6, 6.07) is 2.22. The van der Waals surface area contributed by atoms with Crippen LogP contribution < -0.4 is 5.32 Å². The van der Waals surface area contributed by atoms with E-state index >= 15 is 0 Å². The van der Waals surface area contributed by atoms with E-state index in [1.54, 1.807) is 7.11 Å². The molecule has 0 aliphatic heterocycles. The van der Waals surface area contributed by atoms with E-state index < -0.39 is 23.3 Å². The minimum atomic E-state index is -0.545. The third-order valence-corrected chi connectivity index (χ3v) is 5.02. The zero-order valence-electron chi connectivity index (χ0n) is 12.5. The van der Waals surface area contributed by atoms with Gasteiger partial charge in [-0.2, -0.15) is 0 Å². The number of ether oxygens (including phenoxy) is 1. The van der Waals surface area contributed by atoms with Crippen LogP contribution in [-0.4, -0.2) is 19.3 Å². The first kappa shape index (κ1) is 16.8. The van der Waals surface area contributed by atoms with Crippen LogP contribution >= 0.6 is 15.9 Å². The molecule has 0 aromatic heterocycles. The number of nitrogens with one attached hydrogen (secondary N) is 1. The molecule has 2 rings (SSSR count). The third kappa shape index (κ3) is 3.30. The Labute approximate surface area is 133 Å². The molecule has 0 bridgehead atoms. The summed E-state index contributed by atoms with van der Waals surface area (Å²) < 4.78 is 34.9. The number of likely N-dealkylation sites (N-methyl/N-ethyl adjacent to an activating group) is 1. The molecule has 1 fully saturated rings. The number of methoxy groups -OCH3 is 1. The van der Waals surface area contributed by atoms with Gasteiger partial charge in [-0.25, -0.2) is 8.78 Å². The van der Waals surface area contributed by atoms with Gasteiger partial charge in [-0.1, -0.05) is 26.2 Å². The number of rotatable bonds is 5. The lowest BCUT2D eigenvalue weighted by Crippen LogP contribution is -2.47. The zero-order chi connectivity index (χ0) is 15.5. The Hall–Kier alpha value is -0.520. The summed E-state index contributed by atoms with van der Waals surface area (Å²) in [6.45, 7) is 2.56. The number of hydrogen-bond acceptors (Lipinski definition) is 2. The SMILES string of the molecule is CCNC(c1c(F)ccc(Br)c1F)C1(OC)CCCCC1. The first-order valence-electron chi connectivity index (χ1n) is 7.47. The molecule has 21 heavy (non-hydrogen) atoms. The van der Waals surface area contributed by atoms with Gasteiger partial charge in [0.05, 0.1) is 16.1 Å². The molecule has 1 atom stereocenters. The van der Waals surface area contributed by atoms with Crippen LogP contribution in [-0.2, 0) is 4.74 Å². The smallest absolute Gasteiger partial charge is 0.145 e. The number of hydrogen-bond donors (Lipinski definition) is 1. The van der Waals surface area contributed by atoms with Crippen LogP contribution in [0.3, 0.4) is 0 Å². The summed E-state index contributed by atoms with van der Waals surface area (Å²) in [7, 11) is 1.64. The fraction of sp³-hybridized carbons (Fsp3) is 0.625. The fourth-order valence-corrected chi connectivity index (χ4v) is 3.67. The molecule has 1 aromatic rings. The maximum absolute atomic E-state index is 14.5. The van der Waals surface area contributed by atoms with E-state index in [4.69, 9.17) is 4.74 Å². The van der Waals surface area contributed by atoms with E-state index in [9.17, 15) is 8.78 Å². The van der Waals surface area contributed by atoms with Crippen LogP contribution in [0.5, 0.6) is 0 Å². The van der Waals surface area contributed by atoms with Gasteiger partial charge in [-0.15, -0.1) is 0 Å². The fourth-order valence-electron chi connectivity index (χ4n) is 3.32. The van der Waals surface area contributed by atoms with E-state index in [0.29, 0.717) is 6.54 Å². The highest BCUT2D eigenvalue weighted by Gasteiger charge is 2.43. The van der Waals surface area contributed by atoms with Gasteiger partial charge in [0.1, 0.15) is 11.6 Å². The van der Waals surface area contributed by atoms with Crippen molar-refractivity contribution in [3.05, 3.63) is 33.8 Å². The second kappa shape index (κ2) is 7.16. The first-order chi connectivity index (χ1) is 10.1. The van der Waals surface area contributed by atoms with E-state index in [2.05, 4.69) is 21.2 Å². The Morgan fingerprint density at radius 2 is 1.95 bits per heavy atom. The Morgan fingerprint density at radius 1 is 1.29 bits per heavy atom. The van der Waals surface area contributed by atoms with Crippen molar-refractivity contribution in [3.63, 3.8) is 0 Å². The van der Waals surface area contributed by atoms with Crippen molar-refractivity contribution in [2.45, 2.75) is 50.7 Å². The van der Waals surface area contributed by atoms with E-state index in [1.807, 2.05) is 6.92 Å². The molecule has 5 heteroatoms. The molecular formula is C16H22BrF2NO. The molecule has 1 N–H and O–H groups in total. The molecule has 0 radical (unpaired) electrons. The molecule has 1 aromatic carbocycles. The van der Waals surface area contributed by atoms with Gasteiger partial charge in [0.25, 0.3) is 0 Å². The number of benzene rings is 1. The third-order valence-electron chi connectivity index (χ3n) is 4.41. The molecular weight excluding hydrogens is 340 g/mol. The van der Waals surface area contributed by atoms with Gasteiger partial charge >= 0.3 is 0 Å². The van der Waals surface area contributed by atoms with Crippen molar-refractivity contribution in [3.8, 4) is 0 Å². The summed E-state index contributed by atoms with van der Waals surface area (Å²) in [4.78, 5) is 0. The van der Waals surface area contributed by atoms with Crippen LogP contribution in [0.15, 0.2) is 16.6 Å². The van der Waals surface area contributed by atoms with Crippen molar-refractivity contribution in [2.24, 2.45) is 0 Å². The lowest BCUT2D eigenvalue weighted by Gasteiger charge is -2.43. The van der Waals surface area contributed by atoms with Crippen molar-refractivity contribution < 1.29 is 13.5 Å². The van der Waals surface area contributed by atoms with Gasteiger partial charge in [0, 0.05) is 12.7 Å². The normalized spacial score (nSPS) is 19.5. The summed E-state index contributed by atoms with van der Waals surface area (Å²) in [5.74, 6) is -1.06. The molecule has 1 saturated carbocycles. The van der Waals surface area contributed by atoms with E-state index in [-0.39, 0.29) is 10.0 Å². The largest absolute Gasteiger partial charge is 0.376 e. The van der Waals surface area contributed by atoms with Crippen molar-refractivity contribution in [2.75, 3.05) is 13.7 Å². The predicted molar refractivity (Wildman–Crippen MR) is 83.3 cm³/mol. The predicted octanol–water partition coefficient (Wildman–Crippen LogP) is 4.73. The standard InChI is InChI=1S/C16H22BrF2NO/c1-3-20-15(16(21-2)9-5-4-6-10-16)13-12(18)8-7-11(17)14(13)19/h7-8,15,20H,3-6,9-10H2,1-2H3. The molecule has 1 aliphatic rings. The Morgan fingerprint density at radius 3 is 2.52 bits per heavy atom. The summed E-state index contributed by atoms with van der Waals surface area (Å²) >= 11 is 3.15. The lowest BCUT2D eigenvalue weighted by atomic mass is 9.76. The highest BCUT2D eigenvalue weighted by Crippen LogP contribution is 2.43. The maximum Gasteiger partial charge on any atom is 0.145 e. The van der Waals surface area contributed by atoms with Crippen molar-refractivity contribution in [1.82, 2.24) is 5.32 Å². The van der Waals surface area contributed by atoms with E-state index in [1.165, 1.54) is 12.1 Å². The van der Waals surface area contributed by atoms with Crippen LogP contribution in [0.1, 0.15) is 50.6 Å². The molecule has 1 unspecified atom stereocenters. The summed E-state index contributed by atoms with van der Waals surface area (Å²) in [5, 5.41) is 3.24. The summed E-state index contributed by atoms with van der Waals surface area (Å²) in [6.07, 6.45) is 4.81. The van der Waals surface area contributed by atoms with Crippen LogP contribution in [0.4, 0.5) is 8.78 Å². The van der Waals surface area contributed by atoms with Gasteiger partial charge in [0.2, 0.25) is 0 Å². The van der Waals surface area contributed by atoms with Gasteiger partial charge in [-0.05, 0) is 47.4 Å². The van der Waals surface area contributed by atoms with Crippen LogP contribution in [0.2, 0.25) is 0 Å². The molecule has 0 heterocycles. The Bertz CT molecular complexity index is 489. The molecule has 1 aliphatic carbocycles. The quantitative estimate of drug-likeness (QED) is 0.765. The molecule has 0 spiro atoms. The second-order valence-corrected chi connectivity index (χ2v) is 6.43. The molecule has 2 nitrogen and oxygen atoms in total. The van der Waals surface area contributed by atoms with Crippen molar-refractivity contribution >= 4 is 15.9 Å². The number of halogens is 3. The highest BCUT2D eigenvalue weighted by atomic mass is 79.9. The minimum Gasteiger partial charge on any atom is -0.376 e. The van der Waals surface area contributed by atoms with Gasteiger partial charge in [0.15, 0.2) is 0 Å². The second-order valence-electron chi connectivity index (χ2n) is 5.58. The molecule has 0 amide bonds. The van der Waals surface area contributed by atoms with Crippen LogP contribution in [0.25, 0.3) is 0 Å². The van der Waals surface area contributed by atoms with Crippen molar-refractivity contribution in [1.29, 1.82) is 0 Å². The topological polar surface area (TPSA) is 21.3 Å². The van der Waals surface area contributed by atoms with Gasteiger partial charge in [-0.3, -0.25) is 0 Å². The Balaban J connectivity index is 2.50. The van der Waals surface area contributed by atoms with Crippen LogP contribution in [0, 0.1) is 11.6 Å². The molecule has 0 saturated heterocycles. The Kier molecular flexibility index (Phi) is 5.74. The van der Waals surface area contributed by atoms with Gasteiger partial charge < -0.3 is 10.1 Å². The highest BCUT2D eigenvalue weighted by molar-refractivity contribution is 9.10. The zero-order valence-corrected chi connectivity index (χ0v) is 14.1. The first-order valence-corrected chi connectivity index (χ1v) is 8.27. The monoisotopic (exact) mass is 361 g/mol. The average Bonchev–Trinajstić information content (AvgIpc) is 2.51. The summed E-state index contributed by atoms with van der Waals surface area (Å²) in [5.41, 5.74) is -0.466. The minimum absolute atomic E-state index is 0.0787. The maximum atomic E-state index is 14.5. The van der Waals surface area contributed by atoms with E-state index in [0.717, 1.165) is 32.1 Å². The lowest BCUT2D eigenvalue weighted by molar-refractivity contribution is -0.0699. The molecule has 118 valence electrons.